The van der Waals surface area contributed by atoms with Crippen LogP contribution in [0.2, 0.25) is 0 Å². The fraction of sp³-hybridized carbons (Fsp3) is 0.200. The second kappa shape index (κ2) is 5.50. The van der Waals surface area contributed by atoms with Crippen molar-refractivity contribution in [1.29, 1.82) is 0 Å². The number of nitrogens with one attached hydrogen (secondary N) is 1. The third-order valence-electron chi connectivity index (χ3n) is 1.91. The molecule has 18 heavy (non-hydrogen) atoms. The van der Waals surface area contributed by atoms with Gasteiger partial charge in [-0.05, 0) is 18.7 Å². The third-order valence-corrected chi connectivity index (χ3v) is 2.68. The Morgan fingerprint density at radius 3 is 2.56 bits per heavy atom. The summed E-state index contributed by atoms with van der Waals surface area (Å²) in [7, 11) is 0. The molecule has 2 rings (SSSR count). The Labute approximate surface area is 108 Å². The molecule has 0 unspecified atom stereocenters. The van der Waals surface area contributed by atoms with Crippen LogP contribution in [-0.2, 0) is 0 Å². The normalized spacial score (nSPS) is 10.3. The lowest BCUT2D eigenvalue weighted by Gasteiger charge is -2.04. The standard InChI is InChI=1S/C10H13N7S/c1-2-14-8-4-13-5-9(17-8)18-10-15-6(11)3-7(12)16-10/h3-5H,2H2,1H3,(H,14,17)(H4,11,12,15,16). The molecule has 0 spiro atoms. The minimum absolute atomic E-state index is 0.334. The van der Waals surface area contributed by atoms with Crippen LogP contribution in [0.4, 0.5) is 17.5 Å². The highest BCUT2D eigenvalue weighted by atomic mass is 32.2. The topological polar surface area (TPSA) is 116 Å². The Hall–Kier alpha value is -2.09. The Morgan fingerprint density at radius 1 is 1.17 bits per heavy atom. The van der Waals surface area contributed by atoms with Gasteiger partial charge in [-0.25, -0.2) is 15.0 Å². The first kappa shape index (κ1) is 12.4. The van der Waals surface area contributed by atoms with E-state index < -0.39 is 0 Å². The van der Waals surface area contributed by atoms with Gasteiger partial charge in [-0.3, -0.25) is 4.98 Å². The van der Waals surface area contributed by atoms with Gasteiger partial charge in [0.15, 0.2) is 5.16 Å². The lowest BCUT2D eigenvalue weighted by Crippen LogP contribution is -2.01. The average molecular weight is 263 g/mol. The summed E-state index contributed by atoms with van der Waals surface area (Å²) in [5.41, 5.74) is 11.2. The lowest BCUT2D eigenvalue weighted by atomic mass is 10.5. The zero-order valence-electron chi connectivity index (χ0n) is 9.79. The minimum atomic E-state index is 0.334. The fourth-order valence-corrected chi connectivity index (χ4v) is 2.01. The molecule has 0 saturated heterocycles. The zero-order chi connectivity index (χ0) is 13.0. The van der Waals surface area contributed by atoms with Crippen LogP contribution in [0.1, 0.15) is 6.92 Å². The van der Waals surface area contributed by atoms with Gasteiger partial charge < -0.3 is 16.8 Å². The summed E-state index contributed by atoms with van der Waals surface area (Å²) in [6.07, 6.45) is 3.29. The van der Waals surface area contributed by atoms with Gasteiger partial charge in [0, 0.05) is 12.6 Å². The SMILES string of the molecule is CCNc1cncc(Sc2nc(N)cc(N)n2)n1. The predicted molar refractivity (Wildman–Crippen MR) is 71.2 cm³/mol. The number of aromatic nitrogens is 4. The molecule has 0 saturated carbocycles. The Kier molecular flexibility index (Phi) is 3.78. The van der Waals surface area contributed by atoms with Crippen LogP contribution in [0, 0.1) is 0 Å². The molecule has 0 amide bonds. The molecule has 0 bridgehead atoms. The van der Waals surface area contributed by atoms with E-state index in [4.69, 9.17) is 11.5 Å². The fourth-order valence-electron chi connectivity index (χ4n) is 1.26. The number of hydrogen-bond donors (Lipinski definition) is 3. The summed E-state index contributed by atoms with van der Waals surface area (Å²) < 4.78 is 0. The maximum absolute atomic E-state index is 5.60. The summed E-state index contributed by atoms with van der Waals surface area (Å²) >= 11 is 1.26. The molecule has 2 aromatic rings. The summed E-state index contributed by atoms with van der Waals surface area (Å²) in [6.45, 7) is 2.77. The van der Waals surface area contributed by atoms with E-state index in [1.165, 1.54) is 17.8 Å². The molecule has 2 heterocycles. The van der Waals surface area contributed by atoms with Gasteiger partial charge in [0.25, 0.3) is 0 Å². The van der Waals surface area contributed by atoms with Crippen molar-refractivity contribution in [3.63, 3.8) is 0 Å². The molecule has 94 valence electrons. The van der Waals surface area contributed by atoms with E-state index in [0.29, 0.717) is 27.6 Å². The van der Waals surface area contributed by atoms with E-state index in [-0.39, 0.29) is 0 Å². The van der Waals surface area contributed by atoms with E-state index in [9.17, 15) is 0 Å². The number of nitrogens with zero attached hydrogens (tertiary/aromatic N) is 4. The molecular formula is C10H13N7S. The van der Waals surface area contributed by atoms with Crippen molar-refractivity contribution in [2.75, 3.05) is 23.3 Å². The quantitative estimate of drug-likeness (QED) is 0.700. The number of anilines is 3. The van der Waals surface area contributed by atoms with Gasteiger partial charge in [0.05, 0.1) is 12.4 Å². The lowest BCUT2D eigenvalue weighted by molar-refractivity contribution is 0.968. The molecule has 0 aliphatic heterocycles. The zero-order valence-corrected chi connectivity index (χ0v) is 10.6. The van der Waals surface area contributed by atoms with Crippen LogP contribution in [0.3, 0.4) is 0 Å². The Morgan fingerprint density at radius 2 is 1.89 bits per heavy atom. The highest BCUT2D eigenvalue weighted by Gasteiger charge is 2.05. The minimum Gasteiger partial charge on any atom is -0.383 e. The summed E-state index contributed by atoms with van der Waals surface area (Å²) in [5, 5.41) is 4.21. The first-order chi connectivity index (χ1) is 8.67. The van der Waals surface area contributed by atoms with Crippen LogP contribution in [0.15, 0.2) is 28.6 Å². The van der Waals surface area contributed by atoms with Gasteiger partial charge in [-0.15, -0.1) is 0 Å². The van der Waals surface area contributed by atoms with Crippen LogP contribution in [0.25, 0.3) is 0 Å². The number of nitrogens with two attached hydrogens (primary N) is 2. The van der Waals surface area contributed by atoms with Crippen LogP contribution in [0.5, 0.6) is 0 Å². The number of rotatable bonds is 4. The van der Waals surface area contributed by atoms with E-state index in [1.54, 1.807) is 12.4 Å². The monoisotopic (exact) mass is 263 g/mol. The van der Waals surface area contributed by atoms with E-state index >= 15 is 0 Å². The maximum Gasteiger partial charge on any atom is 0.197 e. The highest BCUT2D eigenvalue weighted by molar-refractivity contribution is 7.99. The van der Waals surface area contributed by atoms with Crippen LogP contribution in [-0.4, -0.2) is 26.5 Å². The van der Waals surface area contributed by atoms with Gasteiger partial charge in [-0.2, -0.15) is 0 Å². The second-order valence-corrected chi connectivity index (χ2v) is 4.36. The van der Waals surface area contributed by atoms with Crippen molar-refractivity contribution in [3.8, 4) is 0 Å². The molecule has 8 heteroatoms. The molecule has 5 N–H and O–H groups in total. The van der Waals surface area contributed by atoms with Gasteiger partial charge in [-0.1, -0.05) is 0 Å². The molecule has 0 atom stereocenters. The van der Waals surface area contributed by atoms with Crippen molar-refractivity contribution in [3.05, 3.63) is 18.5 Å². The third kappa shape index (κ3) is 3.20. The van der Waals surface area contributed by atoms with Crippen LogP contribution >= 0.6 is 11.8 Å². The smallest absolute Gasteiger partial charge is 0.197 e. The number of hydrogen-bond acceptors (Lipinski definition) is 8. The summed E-state index contributed by atoms with van der Waals surface area (Å²) in [5.74, 6) is 1.38. The van der Waals surface area contributed by atoms with Gasteiger partial charge >= 0.3 is 0 Å². The van der Waals surface area contributed by atoms with Crippen molar-refractivity contribution >= 4 is 29.2 Å². The van der Waals surface area contributed by atoms with E-state index in [2.05, 4.69) is 25.3 Å². The average Bonchev–Trinajstić information content (AvgIpc) is 2.28. The van der Waals surface area contributed by atoms with Gasteiger partial charge in [0.2, 0.25) is 0 Å². The van der Waals surface area contributed by atoms with Gasteiger partial charge in [0.1, 0.15) is 22.5 Å². The van der Waals surface area contributed by atoms with E-state index in [1.807, 2.05) is 6.92 Å². The Bertz CT molecular complexity index is 525. The molecule has 0 fully saturated rings. The molecule has 0 aromatic carbocycles. The van der Waals surface area contributed by atoms with Crippen molar-refractivity contribution in [2.24, 2.45) is 0 Å². The van der Waals surface area contributed by atoms with Crippen molar-refractivity contribution < 1.29 is 0 Å². The first-order valence-electron chi connectivity index (χ1n) is 5.31. The molecule has 2 aromatic heterocycles. The number of nitrogen functional groups attached to an aromatic ring is 2. The molecular weight excluding hydrogens is 250 g/mol. The first-order valence-corrected chi connectivity index (χ1v) is 6.13. The molecule has 0 aliphatic rings. The molecule has 0 aliphatic carbocycles. The molecule has 0 radical (unpaired) electrons. The van der Waals surface area contributed by atoms with Crippen molar-refractivity contribution in [2.45, 2.75) is 17.1 Å². The highest BCUT2D eigenvalue weighted by Crippen LogP contribution is 2.24. The summed E-state index contributed by atoms with van der Waals surface area (Å²) in [6, 6.07) is 1.50. The Balaban J connectivity index is 2.20. The second-order valence-electron chi connectivity index (χ2n) is 3.38. The predicted octanol–water partition coefficient (Wildman–Crippen LogP) is 1.01. The van der Waals surface area contributed by atoms with Crippen molar-refractivity contribution in [1.82, 2.24) is 19.9 Å². The maximum atomic E-state index is 5.60. The van der Waals surface area contributed by atoms with E-state index in [0.717, 1.165) is 6.54 Å². The summed E-state index contributed by atoms with van der Waals surface area (Å²) in [4.78, 5) is 16.6. The van der Waals surface area contributed by atoms with Crippen LogP contribution < -0.4 is 16.8 Å². The largest absolute Gasteiger partial charge is 0.383 e. The molecule has 7 nitrogen and oxygen atoms in total.